The van der Waals surface area contributed by atoms with Crippen molar-refractivity contribution in [2.75, 3.05) is 33.0 Å². The number of rotatable bonds is 4. The molecule has 2 aromatic rings. The Labute approximate surface area is 182 Å². The van der Waals surface area contributed by atoms with Crippen molar-refractivity contribution in [3.8, 4) is 11.5 Å². The molecule has 0 atom stereocenters. The van der Waals surface area contributed by atoms with Gasteiger partial charge in [0, 0.05) is 49.6 Å². The van der Waals surface area contributed by atoms with Crippen LogP contribution in [0.15, 0.2) is 29.7 Å². The number of benzene rings is 1. The number of nitrogens with zero attached hydrogens (tertiary/aromatic N) is 3. The predicted octanol–water partition coefficient (Wildman–Crippen LogP) is 3.92. The Morgan fingerprint density at radius 3 is 2.80 bits per heavy atom. The zero-order valence-corrected chi connectivity index (χ0v) is 18.7. The van der Waals surface area contributed by atoms with Gasteiger partial charge >= 0.3 is 0 Å². The van der Waals surface area contributed by atoms with Crippen LogP contribution in [-0.4, -0.2) is 53.7 Å². The summed E-state index contributed by atoms with van der Waals surface area (Å²) >= 11 is 1.74. The Kier molecular flexibility index (Phi) is 6.11. The van der Waals surface area contributed by atoms with E-state index in [-0.39, 0.29) is 18.1 Å². The summed E-state index contributed by atoms with van der Waals surface area (Å²) in [6.07, 6.45) is 4.47. The quantitative estimate of drug-likeness (QED) is 0.693. The van der Waals surface area contributed by atoms with Crippen molar-refractivity contribution in [2.24, 2.45) is 0 Å². The number of carbonyl (C=O) groups excluding carboxylic acids is 1. The second-order valence-corrected chi connectivity index (χ2v) is 9.65. The first kappa shape index (κ1) is 20.9. The molecule has 0 spiro atoms. The number of carbonyl (C=O) groups is 1. The van der Waals surface area contributed by atoms with Crippen molar-refractivity contribution in [3.05, 3.63) is 45.9 Å². The largest absolute Gasteiger partial charge is 0.454 e. The molecule has 0 aliphatic carbocycles. The molecular formula is C23H29N3O3S. The third-order valence-corrected chi connectivity index (χ3v) is 6.61. The highest BCUT2D eigenvalue weighted by atomic mass is 32.1. The Morgan fingerprint density at radius 2 is 2.00 bits per heavy atom. The van der Waals surface area contributed by atoms with Crippen LogP contribution in [0.5, 0.6) is 11.5 Å². The maximum Gasteiger partial charge on any atom is 0.246 e. The van der Waals surface area contributed by atoms with Crippen LogP contribution in [0, 0.1) is 0 Å². The predicted molar refractivity (Wildman–Crippen MR) is 119 cm³/mol. The number of aromatic nitrogens is 1. The molecule has 0 saturated carbocycles. The third kappa shape index (κ3) is 5.02. The highest BCUT2D eigenvalue weighted by Crippen LogP contribution is 2.32. The summed E-state index contributed by atoms with van der Waals surface area (Å²) in [6, 6.07) is 5.71. The molecule has 1 aromatic carbocycles. The number of ether oxygens (including phenoxy) is 2. The van der Waals surface area contributed by atoms with Gasteiger partial charge in [-0.05, 0) is 30.2 Å². The Balaban J connectivity index is 1.31. The van der Waals surface area contributed by atoms with Crippen molar-refractivity contribution in [3.63, 3.8) is 0 Å². The summed E-state index contributed by atoms with van der Waals surface area (Å²) < 4.78 is 10.7. The highest BCUT2D eigenvalue weighted by Gasteiger charge is 2.21. The van der Waals surface area contributed by atoms with Crippen LogP contribution in [-0.2, 0) is 16.8 Å². The lowest BCUT2D eigenvalue weighted by atomic mass is 9.98. The summed E-state index contributed by atoms with van der Waals surface area (Å²) in [5.74, 6) is 1.53. The summed E-state index contributed by atoms with van der Waals surface area (Å²) in [7, 11) is 0. The van der Waals surface area contributed by atoms with Crippen LogP contribution in [0.4, 0.5) is 0 Å². The average molecular weight is 428 g/mol. The van der Waals surface area contributed by atoms with Crippen molar-refractivity contribution >= 4 is 23.3 Å². The van der Waals surface area contributed by atoms with E-state index in [9.17, 15) is 4.79 Å². The Morgan fingerprint density at radius 1 is 1.17 bits per heavy atom. The van der Waals surface area contributed by atoms with Crippen molar-refractivity contribution in [2.45, 2.75) is 39.2 Å². The molecule has 2 aliphatic heterocycles. The molecule has 30 heavy (non-hydrogen) atoms. The highest BCUT2D eigenvalue weighted by molar-refractivity contribution is 7.09. The fraction of sp³-hybridized carbons (Fsp3) is 0.478. The Bertz CT molecular complexity index is 932. The molecule has 1 fully saturated rings. The van der Waals surface area contributed by atoms with Gasteiger partial charge in [-0.25, -0.2) is 4.98 Å². The van der Waals surface area contributed by atoms with Gasteiger partial charge < -0.3 is 14.4 Å². The molecule has 0 bridgehead atoms. The number of thiazole rings is 1. The molecule has 1 amide bonds. The monoisotopic (exact) mass is 427 g/mol. The maximum absolute atomic E-state index is 12.7. The second kappa shape index (κ2) is 8.78. The number of amides is 1. The third-order valence-electron chi connectivity index (χ3n) is 5.29. The van der Waals surface area contributed by atoms with Gasteiger partial charge in [0.1, 0.15) is 0 Å². The number of fused-ring (bicyclic) bond motifs is 1. The first-order valence-electron chi connectivity index (χ1n) is 10.4. The van der Waals surface area contributed by atoms with E-state index in [0.29, 0.717) is 0 Å². The van der Waals surface area contributed by atoms with Gasteiger partial charge in [-0.2, -0.15) is 0 Å². The zero-order chi connectivity index (χ0) is 21.1. The van der Waals surface area contributed by atoms with Crippen LogP contribution in [0.2, 0.25) is 0 Å². The average Bonchev–Trinajstić information content (AvgIpc) is 3.31. The van der Waals surface area contributed by atoms with E-state index < -0.39 is 0 Å². The summed E-state index contributed by atoms with van der Waals surface area (Å²) in [5, 5.41) is 3.35. The number of hydrogen-bond donors (Lipinski definition) is 0. The van der Waals surface area contributed by atoms with Crippen molar-refractivity contribution in [1.82, 2.24) is 14.8 Å². The van der Waals surface area contributed by atoms with Crippen LogP contribution < -0.4 is 9.47 Å². The second-order valence-electron chi connectivity index (χ2n) is 8.80. The summed E-state index contributed by atoms with van der Waals surface area (Å²) in [4.78, 5) is 21.8. The molecule has 160 valence electrons. The minimum atomic E-state index is 0.0539. The van der Waals surface area contributed by atoms with Crippen LogP contribution in [0.3, 0.4) is 0 Å². The summed E-state index contributed by atoms with van der Waals surface area (Å²) in [6.45, 7) is 11.1. The molecule has 0 unspecified atom stereocenters. The molecule has 2 aliphatic rings. The van der Waals surface area contributed by atoms with E-state index in [0.717, 1.165) is 61.9 Å². The molecule has 1 saturated heterocycles. The fourth-order valence-corrected chi connectivity index (χ4v) is 4.49. The lowest BCUT2D eigenvalue weighted by Gasteiger charge is -2.20. The topological polar surface area (TPSA) is 54.9 Å². The van der Waals surface area contributed by atoms with Gasteiger partial charge in [-0.3, -0.25) is 9.69 Å². The van der Waals surface area contributed by atoms with Crippen LogP contribution in [0.1, 0.15) is 43.5 Å². The van der Waals surface area contributed by atoms with Gasteiger partial charge in [0.25, 0.3) is 0 Å². The molecule has 3 heterocycles. The first-order valence-corrected chi connectivity index (χ1v) is 11.3. The fourth-order valence-electron chi connectivity index (χ4n) is 3.59. The van der Waals surface area contributed by atoms with Gasteiger partial charge in [-0.15, -0.1) is 11.3 Å². The van der Waals surface area contributed by atoms with Crippen molar-refractivity contribution < 1.29 is 14.3 Å². The van der Waals surface area contributed by atoms with E-state index in [4.69, 9.17) is 14.5 Å². The maximum atomic E-state index is 12.7. The molecule has 0 radical (unpaired) electrons. The van der Waals surface area contributed by atoms with Gasteiger partial charge in [0.2, 0.25) is 12.7 Å². The van der Waals surface area contributed by atoms with Crippen LogP contribution >= 0.6 is 11.3 Å². The zero-order valence-electron chi connectivity index (χ0n) is 17.9. The van der Waals surface area contributed by atoms with Crippen molar-refractivity contribution in [1.29, 1.82) is 0 Å². The van der Waals surface area contributed by atoms with E-state index in [1.807, 2.05) is 29.2 Å². The molecular weight excluding hydrogens is 398 g/mol. The molecule has 6 nitrogen and oxygen atoms in total. The minimum Gasteiger partial charge on any atom is -0.454 e. The minimum absolute atomic E-state index is 0.0539. The van der Waals surface area contributed by atoms with E-state index in [1.54, 1.807) is 17.4 Å². The van der Waals surface area contributed by atoms with Gasteiger partial charge in [0.05, 0.1) is 10.7 Å². The van der Waals surface area contributed by atoms with E-state index in [2.05, 4.69) is 31.1 Å². The lowest BCUT2D eigenvalue weighted by Crippen LogP contribution is -2.34. The first-order chi connectivity index (χ1) is 14.4. The lowest BCUT2D eigenvalue weighted by molar-refractivity contribution is -0.125. The molecule has 0 N–H and O–H groups in total. The standard InChI is InChI=1S/C23H29N3O3S/c1-23(2,3)22-24-18(15-30-22)14-25-9-4-10-26(12-11-25)21(27)8-6-17-5-7-19-20(13-17)29-16-28-19/h5-8,13,15H,4,9-12,14,16H2,1-3H3/b8-6+. The SMILES string of the molecule is CC(C)(C)c1nc(CN2CCCN(C(=O)/C=C/c3ccc4c(c3)OCO4)CC2)cs1. The summed E-state index contributed by atoms with van der Waals surface area (Å²) in [5.41, 5.74) is 2.16. The molecule has 7 heteroatoms. The molecule has 4 rings (SSSR count). The van der Waals surface area contributed by atoms with E-state index >= 15 is 0 Å². The number of hydrogen-bond acceptors (Lipinski definition) is 6. The van der Waals surface area contributed by atoms with Crippen LogP contribution in [0.25, 0.3) is 6.08 Å². The molecule has 1 aromatic heterocycles. The van der Waals surface area contributed by atoms with E-state index in [1.165, 1.54) is 5.01 Å². The smallest absolute Gasteiger partial charge is 0.246 e. The van der Waals surface area contributed by atoms with Gasteiger partial charge in [-0.1, -0.05) is 26.8 Å². The normalized spacial score (nSPS) is 17.5. The Hall–Kier alpha value is -2.38. The van der Waals surface area contributed by atoms with Gasteiger partial charge in [0.15, 0.2) is 11.5 Å².